The molecule has 1 saturated heterocycles. The molecule has 1 N–H and O–H groups in total. The first-order chi connectivity index (χ1) is 12.4. The summed E-state index contributed by atoms with van der Waals surface area (Å²) in [5.74, 6) is -2.64. The minimum Gasteiger partial charge on any atom is -0.543 e. The van der Waals surface area contributed by atoms with Crippen LogP contribution in [0, 0.1) is 11.8 Å². The quantitative estimate of drug-likeness (QED) is 0.349. The van der Waals surface area contributed by atoms with E-state index in [2.05, 4.69) is 9.97 Å². The molecule has 134 valence electrons. The number of thioether (sulfide) groups is 1. The summed E-state index contributed by atoms with van der Waals surface area (Å²) < 4.78 is 0. The molecule has 0 unspecified atom stereocenters. The monoisotopic (exact) mass is 393 g/mol. The van der Waals surface area contributed by atoms with E-state index in [-0.39, 0.29) is 53.1 Å². The minimum absolute atomic E-state index is 0. The van der Waals surface area contributed by atoms with E-state index in [0.29, 0.717) is 10.1 Å². The van der Waals surface area contributed by atoms with Crippen LogP contribution >= 0.6 is 11.8 Å². The predicted molar refractivity (Wildman–Crippen MR) is 92.4 cm³/mol. The van der Waals surface area contributed by atoms with Gasteiger partial charge in [0.05, 0.1) is 35.2 Å². The molecule has 2 aromatic rings. The normalized spacial score (nSPS) is 25.1. The molecule has 0 saturated carbocycles. The fourth-order valence-corrected chi connectivity index (χ4v) is 4.80. The van der Waals surface area contributed by atoms with Gasteiger partial charge in [-0.1, -0.05) is 36.9 Å². The van der Waals surface area contributed by atoms with Crippen LogP contribution in [0.2, 0.25) is 0 Å². The molecule has 0 radical (unpaired) electrons. The first kappa shape index (κ1) is 20.3. The van der Waals surface area contributed by atoms with Crippen molar-refractivity contribution in [3.05, 3.63) is 41.1 Å². The number of aliphatic hydroxyl groups excluding tert-OH is 1. The number of carboxylic acid groups (broad SMARTS) is 1. The fourth-order valence-electron chi connectivity index (χ4n) is 3.75. The number of amides is 1. The number of aliphatic hydroxyl groups is 1. The molecule has 9 heteroatoms. The number of carboxylic acids is 1. The molecule has 1 fully saturated rings. The number of benzene rings is 1. The molecule has 7 nitrogen and oxygen atoms in total. The Labute approximate surface area is 182 Å². The molecule has 2 aliphatic heterocycles. The maximum absolute atomic E-state index is 12.3. The van der Waals surface area contributed by atoms with Gasteiger partial charge in [-0.05, 0) is 13.0 Å². The standard InChI is InChI=1S/C18H17N3O4S.Na/c1-8-13-12(9(2)22)16(23)21(13)14(17(24)25)15(8)26-18-19-7-10-5-3-4-6-11(10)20-18;/h3-9,12-13,22H,1-2H3,(H,24,25);/q;+1/p-1/t8-,9-,12-,13-;/m1./s1. The number of para-hydroxylation sites is 1. The minimum atomic E-state index is -1.40. The molecule has 2 aliphatic rings. The Hall–Kier alpha value is -1.45. The van der Waals surface area contributed by atoms with Gasteiger partial charge < -0.3 is 19.9 Å². The first-order valence-electron chi connectivity index (χ1n) is 8.26. The third-order valence-electron chi connectivity index (χ3n) is 4.97. The van der Waals surface area contributed by atoms with Gasteiger partial charge in [0.1, 0.15) is 0 Å². The molecule has 1 aromatic carbocycles. The van der Waals surface area contributed by atoms with Gasteiger partial charge in [-0.25, -0.2) is 9.97 Å². The number of β-lactam (4-membered cyclic amide) rings is 1. The summed E-state index contributed by atoms with van der Waals surface area (Å²) in [6, 6.07) is 7.13. The molecule has 0 spiro atoms. The number of hydrogen-bond donors (Lipinski definition) is 1. The largest absolute Gasteiger partial charge is 1.00 e. The third-order valence-corrected chi connectivity index (χ3v) is 6.13. The Morgan fingerprint density at radius 1 is 1.37 bits per heavy atom. The van der Waals surface area contributed by atoms with Crippen LogP contribution in [0.5, 0.6) is 0 Å². The second-order valence-corrected chi connectivity index (χ2v) is 7.58. The zero-order chi connectivity index (χ0) is 18.6. The third kappa shape index (κ3) is 3.19. The van der Waals surface area contributed by atoms with Gasteiger partial charge in [0.2, 0.25) is 5.91 Å². The van der Waals surface area contributed by atoms with E-state index in [1.807, 2.05) is 31.2 Å². The Morgan fingerprint density at radius 2 is 2.07 bits per heavy atom. The van der Waals surface area contributed by atoms with E-state index in [9.17, 15) is 19.8 Å². The summed E-state index contributed by atoms with van der Waals surface area (Å²) in [4.78, 5) is 34.5. The summed E-state index contributed by atoms with van der Waals surface area (Å²) in [7, 11) is 0. The Balaban J connectivity index is 0.00000210. The topological polar surface area (TPSA) is 106 Å². The van der Waals surface area contributed by atoms with Crippen molar-refractivity contribution in [2.24, 2.45) is 11.8 Å². The average molecular weight is 393 g/mol. The van der Waals surface area contributed by atoms with Crippen LogP contribution in [0.3, 0.4) is 0 Å². The van der Waals surface area contributed by atoms with Gasteiger partial charge in [-0.3, -0.25) is 4.79 Å². The molecule has 1 aromatic heterocycles. The van der Waals surface area contributed by atoms with Crippen molar-refractivity contribution >= 4 is 34.5 Å². The van der Waals surface area contributed by atoms with Crippen LogP contribution in [-0.4, -0.2) is 44.0 Å². The van der Waals surface area contributed by atoms with Crippen molar-refractivity contribution in [1.29, 1.82) is 0 Å². The number of aromatic nitrogens is 2. The SMILES string of the molecule is C[C@@H](O)[C@H]1C(=O)N2C(C(=O)[O-])=C(Sc3ncc4ccccc4n3)[C@H](C)[C@H]12.[Na+]. The van der Waals surface area contributed by atoms with Gasteiger partial charge in [-0.2, -0.15) is 0 Å². The number of fused-ring (bicyclic) bond motifs is 2. The van der Waals surface area contributed by atoms with E-state index < -0.39 is 18.0 Å². The number of carbonyl (C=O) groups is 2. The van der Waals surface area contributed by atoms with Gasteiger partial charge >= 0.3 is 29.6 Å². The zero-order valence-electron chi connectivity index (χ0n) is 15.1. The first-order valence-corrected chi connectivity index (χ1v) is 9.08. The number of nitrogens with zero attached hydrogens (tertiary/aromatic N) is 3. The number of carbonyl (C=O) groups excluding carboxylic acids is 2. The zero-order valence-corrected chi connectivity index (χ0v) is 17.9. The molecular weight excluding hydrogens is 377 g/mol. The van der Waals surface area contributed by atoms with Gasteiger partial charge in [-0.15, -0.1) is 0 Å². The smallest absolute Gasteiger partial charge is 0.543 e. The summed E-state index contributed by atoms with van der Waals surface area (Å²) in [5.41, 5.74) is 0.624. The van der Waals surface area contributed by atoms with Crippen LogP contribution in [0.1, 0.15) is 13.8 Å². The van der Waals surface area contributed by atoms with Crippen molar-refractivity contribution in [3.8, 4) is 0 Å². The maximum atomic E-state index is 12.3. The van der Waals surface area contributed by atoms with Gasteiger partial charge in [0.25, 0.3) is 0 Å². The average Bonchev–Trinajstić information content (AvgIpc) is 2.84. The predicted octanol–water partition coefficient (Wildman–Crippen LogP) is -2.46. The molecule has 4 atom stereocenters. The Kier molecular flexibility index (Phi) is 5.65. The number of aliphatic carboxylic acids is 1. The van der Waals surface area contributed by atoms with Crippen LogP contribution < -0.4 is 34.7 Å². The van der Waals surface area contributed by atoms with E-state index in [0.717, 1.165) is 22.7 Å². The number of hydrogen-bond acceptors (Lipinski definition) is 7. The van der Waals surface area contributed by atoms with E-state index >= 15 is 0 Å². The van der Waals surface area contributed by atoms with Crippen molar-refractivity contribution in [3.63, 3.8) is 0 Å². The molecule has 1 amide bonds. The molecular formula is C18H16N3NaO4S. The Morgan fingerprint density at radius 3 is 2.74 bits per heavy atom. The Bertz CT molecular complexity index is 965. The van der Waals surface area contributed by atoms with Crippen molar-refractivity contribution in [2.45, 2.75) is 31.1 Å². The van der Waals surface area contributed by atoms with E-state index in [1.165, 1.54) is 4.90 Å². The second kappa shape index (κ2) is 7.52. The van der Waals surface area contributed by atoms with Crippen molar-refractivity contribution < 1.29 is 49.4 Å². The van der Waals surface area contributed by atoms with Crippen LogP contribution in [-0.2, 0) is 9.59 Å². The van der Waals surface area contributed by atoms with Crippen molar-refractivity contribution in [2.75, 3.05) is 0 Å². The van der Waals surface area contributed by atoms with E-state index in [4.69, 9.17) is 0 Å². The maximum Gasteiger partial charge on any atom is 1.00 e. The van der Waals surface area contributed by atoms with E-state index in [1.54, 1.807) is 13.1 Å². The van der Waals surface area contributed by atoms with Crippen LogP contribution in [0.4, 0.5) is 0 Å². The molecule has 0 bridgehead atoms. The van der Waals surface area contributed by atoms with Gasteiger partial charge in [0.15, 0.2) is 5.16 Å². The number of rotatable bonds is 4. The van der Waals surface area contributed by atoms with Crippen LogP contribution in [0.25, 0.3) is 10.9 Å². The second-order valence-electron chi connectivity index (χ2n) is 6.57. The summed E-state index contributed by atoms with van der Waals surface area (Å²) in [6.45, 7) is 3.39. The summed E-state index contributed by atoms with van der Waals surface area (Å²) >= 11 is 1.13. The van der Waals surface area contributed by atoms with Crippen LogP contribution in [0.15, 0.2) is 46.2 Å². The molecule has 3 heterocycles. The molecule has 27 heavy (non-hydrogen) atoms. The van der Waals surface area contributed by atoms with Gasteiger partial charge in [0, 0.05) is 22.4 Å². The fraction of sp³-hybridized carbons (Fsp3) is 0.333. The summed E-state index contributed by atoms with van der Waals surface area (Å²) in [6.07, 6.45) is 0.845. The van der Waals surface area contributed by atoms with Crippen molar-refractivity contribution in [1.82, 2.24) is 14.9 Å². The summed E-state index contributed by atoms with van der Waals surface area (Å²) in [5, 5.41) is 22.9. The molecule has 4 rings (SSSR count). The molecule has 0 aliphatic carbocycles.